The lowest BCUT2D eigenvalue weighted by Crippen LogP contribution is -2.59. The van der Waals surface area contributed by atoms with E-state index in [9.17, 15) is 47.5 Å². The first-order chi connectivity index (χ1) is 33.0. The second kappa shape index (κ2) is 26.3. The molecule has 20 heteroatoms. The molecule has 0 spiro atoms. The Balaban J connectivity index is 1.34. The second-order valence-corrected chi connectivity index (χ2v) is 18.5. The lowest BCUT2D eigenvalue weighted by molar-refractivity contribution is -0.142. The molecule has 1 saturated heterocycles. The van der Waals surface area contributed by atoms with Crippen LogP contribution in [0.15, 0.2) is 70.3 Å². The monoisotopic (exact) mass is 959 g/mol. The average Bonchev–Trinajstić information content (AvgIpc) is 3.82. The van der Waals surface area contributed by atoms with Gasteiger partial charge in [0.1, 0.15) is 41.7 Å². The number of carbonyl (C=O) groups is 7. The van der Waals surface area contributed by atoms with E-state index in [0.717, 1.165) is 43.7 Å². The topological polar surface area (TPSA) is 301 Å². The number of benzene rings is 2. The Morgan fingerprint density at radius 2 is 1.36 bits per heavy atom. The van der Waals surface area contributed by atoms with Crippen molar-refractivity contribution in [1.29, 1.82) is 0 Å². The van der Waals surface area contributed by atoms with Gasteiger partial charge >= 0.3 is 5.69 Å². The zero-order valence-electron chi connectivity index (χ0n) is 39.4. The third-order valence-corrected chi connectivity index (χ3v) is 12.6. The van der Waals surface area contributed by atoms with Crippen LogP contribution in [0.4, 0.5) is 4.39 Å². The molecule has 2 aromatic carbocycles. The normalized spacial score (nSPS) is 17.2. The highest BCUT2D eigenvalue weighted by Gasteiger charge is 2.40. The first-order valence-electron chi connectivity index (χ1n) is 24.0. The molecule has 374 valence electrons. The molecule has 69 heavy (non-hydrogen) atoms. The van der Waals surface area contributed by atoms with Crippen molar-refractivity contribution in [3.8, 4) is 0 Å². The first kappa shape index (κ1) is 53.4. The Bertz CT molecular complexity index is 2330. The van der Waals surface area contributed by atoms with Crippen LogP contribution in [-0.4, -0.2) is 106 Å². The summed E-state index contributed by atoms with van der Waals surface area (Å²) in [6.07, 6.45) is 6.52. The number of halogens is 1. The maximum atomic E-state index is 14.4. The lowest BCUT2D eigenvalue weighted by Gasteiger charge is -2.31. The highest BCUT2D eigenvalue weighted by molar-refractivity contribution is 6.06. The fraction of sp³-hybridized carbons (Fsp3) is 0.531. The molecule has 1 aliphatic heterocycles. The van der Waals surface area contributed by atoms with Crippen molar-refractivity contribution in [2.24, 2.45) is 23.3 Å². The van der Waals surface area contributed by atoms with Crippen LogP contribution in [0.3, 0.4) is 0 Å². The molecule has 1 aliphatic carbocycles. The smallest absolute Gasteiger partial charge is 0.326 e. The Kier molecular flexibility index (Phi) is 20.3. The van der Waals surface area contributed by atoms with Crippen LogP contribution in [-0.2, 0) is 41.6 Å². The van der Waals surface area contributed by atoms with E-state index in [1.54, 1.807) is 0 Å². The number of hydrogen-bond acceptors (Lipinski definition) is 11. The standard InChI is InChI=1S/C49H67FN10O9/c1-29(2)17-22-35(53-47(67)40-16-10-24-60(40)48(68)36(15-9-23-51)54-42(62)34(52)25-30-11-5-3-6-12-30)43(63)55-37(27-32-18-20-33(50)21-19-32)44(64)56-38(26-31-13-7-4-8-14-31)45(65)59-46(66)39-28-41(61)58-49(69)57-39/h3,5-6,11-12,18-21,28-29,31,34-38,40H,4,7-10,13-17,22-27,51-52H2,1-2H3,(H,53,67)(H,54,62)(H,55,63)(H,56,64)(H,59,65,66)(H2,57,58,61,69)/t34-,35-,36-,37-,38-,40-/m0/s1. The Morgan fingerprint density at radius 3 is 2.03 bits per heavy atom. The molecule has 1 saturated carbocycles. The maximum absolute atomic E-state index is 14.4. The minimum absolute atomic E-state index is 0.00324. The number of rotatable bonds is 23. The summed E-state index contributed by atoms with van der Waals surface area (Å²) in [6.45, 7) is 4.35. The number of H-pyrrole nitrogens is 2. The van der Waals surface area contributed by atoms with Gasteiger partial charge in [-0.25, -0.2) is 9.18 Å². The third kappa shape index (κ3) is 16.6. The van der Waals surface area contributed by atoms with E-state index in [1.165, 1.54) is 29.2 Å². The molecular formula is C49H67FN10O9. The van der Waals surface area contributed by atoms with Crippen LogP contribution in [0, 0.1) is 17.7 Å². The molecule has 0 unspecified atom stereocenters. The van der Waals surface area contributed by atoms with Crippen LogP contribution < -0.4 is 49.3 Å². The van der Waals surface area contributed by atoms with Gasteiger partial charge < -0.3 is 42.6 Å². The van der Waals surface area contributed by atoms with Crippen molar-refractivity contribution < 1.29 is 38.0 Å². The minimum atomic E-state index is -1.38. The molecule has 2 fully saturated rings. The predicted molar refractivity (Wildman–Crippen MR) is 254 cm³/mol. The van der Waals surface area contributed by atoms with Gasteiger partial charge in [-0.2, -0.15) is 0 Å². The summed E-state index contributed by atoms with van der Waals surface area (Å²) < 4.78 is 14.0. The summed E-state index contributed by atoms with van der Waals surface area (Å²) in [6, 6.07) is 8.47. The Hall–Kier alpha value is -6.54. The van der Waals surface area contributed by atoms with Crippen LogP contribution in [0.5, 0.6) is 0 Å². The number of aromatic amines is 2. The number of imide groups is 1. The average molecular weight is 959 g/mol. The molecule has 0 radical (unpaired) electrons. The van der Waals surface area contributed by atoms with Gasteiger partial charge in [-0.1, -0.05) is 88.4 Å². The van der Waals surface area contributed by atoms with Crippen molar-refractivity contribution in [3.63, 3.8) is 0 Å². The van der Waals surface area contributed by atoms with Gasteiger partial charge in [-0.05, 0) is 93.0 Å². The van der Waals surface area contributed by atoms with E-state index in [-0.39, 0.29) is 63.5 Å². The van der Waals surface area contributed by atoms with E-state index in [2.05, 4.69) is 31.6 Å². The molecule has 2 aliphatic rings. The molecule has 0 bridgehead atoms. The van der Waals surface area contributed by atoms with Crippen LogP contribution in [0.2, 0.25) is 0 Å². The summed E-state index contributed by atoms with van der Waals surface area (Å²) in [5.74, 6) is -5.60. The van der Waals surface area contributed by atoms with Gasteiger partial charge in [0.15, 0.2) is 0 Å². The van der Waals surface area contributed by atoms with E-state index >= 15 is 0 Å². The van der Waals surface area contributed by atoms with Gasteiger partial charge in [-0.3, -0.25) is 48.7 Å². The second-order valence-electron chi connectivity index (χ2n) is 18.5. The molecule has 1 aromatic heterocycles. The molecule has 6 atom stereocenters. The first-order valence-corrected chi connectivity index (χ1v) is 24.0. The largest absolute Gasteiger partial charge is 0.343 e. The van der Waals surface area contributed by atoms with E-state index < -0.39 is 100 Å². The number of nitrogens with one attached hydrogen (secondary N) is 7. The molecule has 19 nitrogen and oxygen atoms in total. The SMILES string of the molecule is CC(C)CC[C@H](NC(=O)[C@@H]1CCCN1C(=O)[C@H](CCCN)NC(=O)[C@@H](N)Cc1ccccc1)C(=O)N[C@@H](Cc1ccc(F)cc1)C(=O)N[C@@H](CC1CCCCC1)C(=O)NC(=O)c1cc(=O)[nH]c(=O)[nH]1. The molecular weight excluding hydrogens is 892 g/mol. The van der Waals surface area contributed by atoms with E-state index in [0.29, 0.717) is 24.8 Å². The van der Waals surface area contributed by atoms with E-state index in [1.807, 2.05) is 49.2 Å². The predicted octanol–water partition coefficient (Wildman–Crippen LogP) is 1.35. The van der Waals surface area contributed by atoms with Gasteiger partial charge in [0.05, 0.1) is 6.04 Å². The molecule has 3 aromatic rings. The molecule has 2 heterocycles. The summed E-state index contributed by atoms with van der Waals surface area (Å²) in [5.41, 5.74) is 11.1. The minimum Gasteiger partial charge on any atom is -0.343 e. The van der Waals surface area contributed by atoms with Crippen molar-refractivity contribution >= 4 is 41.4 Å². The zero-order valence-corrected chi connectivity index (χ0v) is 39.4. The third-order valence-electron chi connectivity index (χ3n) is 12.6. The summed E-state index contributed by atoms with van der Waals surface area (Å²) in [4.78, 5) is 127. The highest BCUT2D eigenvalue weighted by Crippen LogP contribution is 2.28. The van der Waals surface area contributed by atoms with Crippen molar-refractivity contribution in [3.05, 3.63) is 104 Å². The maximum Gasteiger partial charge on any atom is 0.326 e. The molecule has 5 rings (SSSR count). The summed E-state index contributed by atoms with van der Waals surface area (Å²) in [7, 11) is 0. The quantitative estimate of drug-likeness (QED) is 0.0654. The van der Waals surface area contributed by atoms with Crippen LogP contribution in [0.1, 0.15) is 113 Å². The van der Waals surface area contributed by atoms with Crippen LogP contribution >= 0.6 is 0 Å². The fourth-order valence-electron chi connectivity index (χ4n) is 8.81. The summed E-state index contributed by atoms with van der Waals surface area (Å²) in [5, 5.41) is 13.3. The zero-order chi connectivity index (χ0) is 50.0. The number of nitrogens with two attached hydrogens (primary N) is 2. The van der Waals surface area contributed by atoms with Gasteiger partial charge in [0, 0.05) is 19.0 Å². The van der Waals surface area contributed by atoms with Gasteiger partial charge in [-0.15, -0.1) is 0 Å². The van der Waals surface area contributed by atoms with Gasteiger partial charge in [0.25, 0.3) is 11.5 Å². The number of nitrogens with zero attached hydrogens (tertiary/aromatic N) is 1. The summed E-state index contributed by atoms with van der Waals surface area (Å²) >= 11 is 0. The van der Waals surface area contributed by atoms with Crippen molar-refractivity contribution in [2.45, 2.75) is 140 Å². The molecule has 7 amide bonds. The van der Waals surface area contributed by atoms with Crippen LogP contribution in [0.25, 0.3) is 0 Å². The lowest BCUT2D eigenvalue weighted by atomic mass is 9.84. The Labute approximate surface area is 400 Å². The number of hydrogen-bond donors (Lipinski definition) is 9. The number of aromatic nitrogens is 2. The van der Waals surface area contributed by atoms with E-state index in [4.69, 9.17) is 11.5 Å². The molecule has 11 N–H and O–H groups in total. The number of likely N-dealkylation sites (tertiary alicyclic amines) is 1. The van der Waals surface area contributed by atoms with Crippen molar-refractivity contribution in [1.82, 2.24) is 41.5 Å². The highest BCUT2D eigenvalue weighted by atomic mass is 19.1. The number of carbonyl (C=O) groups excluding carboxylic acids is 7. The Morgan fingerprint density at radius 1 is 0.710 bits per heavy atom. The fourth-order valence-corrected chi connectivity index (χ4v) is 8.81. The number of amides is 7. The van der Waals surface area contributed by atoms with Gasteiger partial charge in [0.2, 0.25) is 35.4 Å². The van der Waals surface area contributed by atoms with Crippen molar-refractivity contribution in [2.75, 3.05) is 13.1 Å².